The summed E-state index contributed by atoms with van der Waals surface area (Å²) >= 11 is 0. The Hall–Kier alpha value is -4.76. The Morgan fingerprint density at radius 1 is 0.547 bits per heavy atom. The fourth-order valence-corrected chi connectivity index (χ4v) is 4.82. The van der Waals surface area contributed by atoms with Crippen LogP contribution in [0.25, 0.3) is 0 Å². The van der Waals surface area contributed by atoms with Crippen LogP contribution in [-0.4, -0.2) is 147 Å². The molecule has 0 spiro atoms. The second-order valence-electron chi connectivity index (χ2n) is 14.5. The Labute approximate surface area is 309 Å². The first-order valence-electron chi connectivity index (χ1n) is 16.3. The van der Waals surface area contributed by atoms with E-state index in [4.69, 9.17) is 60.5 Å². The van der Waals surface area contributed by atoms with Crippen molar-refractivity contribution in [3.05, 3.63) is 0 Å². The van der Waals surface area contributed by atoms with Crippen molar-refractivity contribution in [2.24, 2.45) is 23.3 Å². The minimum absolute atomic E-state index is 0. The van der Waals surface area contributed by atoms with E-state index < -0.39 is 47.3 Å². The lowest BCUT2D eigenvalue weighted by Gasteiger charge is -2.35. The summed E-state index contributed by atoms with van der Waals surface area (Å²) < 4.78 is 10.5. The third kappa shape index (κ3) is 24.2. The molecule has 0 aromatic rings. The van der Waals surface area contributed by atoms with Gasteiger partial charge in [0, 0.05) is 64.2 Å². The van der Waals surface area contributed by atoms with Gasteiger partial charge in [-0.2, -0.15) is 0 Å². The van der Waals surface area contributed by atoms with E-state index in [1.165, 1.54) is 0 Å². The number of amides is 4. The van der Waals surface area contributed by atoms with Crippen LogP contribution in [0, 0.1) is 11.8 Å². The molecule has 0 aliphatic heterocycles. The number of rotatable bonds is 4. The average Bonchev–Trinajstić information content (AvgIpc) is 2.97. The number of alkyl carbamates (subject to hydrolysis) is 2. The second kappa shape index (κ2) is 23.7. The van der Waals surface area contributed by atoms with E-state index in [-0.39, 0.29) is 53.3 Å². The van der Waals surface area contributed by atoms with Crippen LogP contribution < -0.4 is 22.1 Å². The summed E-state index contributed by atoms with van der Waals surface area (Å²) in [6, 6.07) is -0.692. The molecule has 12 N–H and O–H groups in total. The zero-order chi connectivity index (χ0) is 41.3. The monoisotopic (exact) mass is 768 g/mol. The molecule has 0 saturated heterocycles. The van der Waals surface area contributed by atoms with Gasteiger partial charge in [0.25, 0.3) is 0 Å². The predicted octanol–water partition coefficient (Wildman–Crippen LogP) is -0.323. The van der Waals surface area contributed by atoms with Crippen molar-refractivity contribution in [3.63, 3.8) is 0 Å². The van der Waals surface area contributed by atoms with Gasteiger partial charge in [0.05, 0.1) is 0 Å². The van der Waals surface area contributed by atoms with Gasteiger partial charge in [0.2, 0.25) is 11.8 Å². The van der Waals surface area contributed by atoms with Gasteiger partial charge in [-0.05, 0) is 80.1 Å². The zero-order valence-corrected chi connectivity index (χ0v) is 32.1. The predicted molar refractivity (Wildman–Crippen MR) is 188 cm³/mol. The SMILES string of the molecule is CN(C)C(=O)[C@H]1CC[C@H](N)[C@H](NC(=O)OC(C)(C)C)C1.CN(C)C(=O)[C@H]1CC[C@H](N)[C@H](NC(=O)OC(C)(C)C)C1.O.O=C(O)C(=O)O.O=C(O)C(=O)O. The lowest BCUT2D eigenvalue weighted by molar-refractivity contribution is -0.159. The van der Waals surface area contributed by atoms with Crippen molar-refractivity contribution in [2.75, 3.05) is 28.2 Å². The van der Waals surface area contributed by atoms with Gasteiger partial charge < -0.3 is 67.3 Å². The maximum Gasteiger partial charge on any atom is 0.414 e. The first-order valence-corrected chi connectivity index (χ1v) is 16.3. The molecule has 6 atom stereocenters. The fourth-order valence-electron chi connectivity index (χ4n) is 4.82. The highest BCUT2D eigenvalue weighted by Gasteiger charge is 2.35. The quantitative estimate of drug-likeness (QED) is 0.170. The van der Waals surface area contributed by atoms with Gasteiger partial charge in [-0.3, -0.25) is 9.59 Å². The van der Waals surface area contributed by atoms with Crippen LogP contribution in [0.4, 0.5) is 9.59 Å². The molecule has 2 saturated carbocycles. The van der Waals surface area contributed by atoms with Crippen LogP contribution in [0.3, 0.4) is 0 Å². The molecule has 2 aliphatic rings. The van der Waals surface area contributed by atoms with Crippen molar-refractivity contribution in [2.45, 2.75) is 115 Å². The average molecular weight is 769 g/mol. The Kier molecular flexibility index (Phi) is 23.6. The number of ether oxygens (including phenoxy) is 2. The zero-order valence-electron chi connectivity index (χ0n) is 32.1. The highest BCUT2D eigenvalue weighted by molar-refractivity contribution is 6.27. The molecule has 0 aromatic carbocycles. The Morgan fingerprint density at radius 2 is 0.792 bits per heavy atom. The normalized spacial score (nSPS) is 21.9. The van der Waals surface area contributed by atoms with Crippen molar-refractivity contribution < 1.29 is 73.7 Å². The Balaban J connectivity index is -0.000000712. The van der Waals surface area contributed by atoms with Crippen molar-refractivity contribution in [3.8, 4) is 0 Å². The lowest BCUT2D eigenvalue weighted by Crippen LogP contribution is -2.53. The number of carbonyl (C=O) groups excluding carboxylic acids is 4. The molecule has 4 amide bonds. The van der Waals surface area contributed by atoms with E-state index in [0.29, 0.717) is 12.8 Å². The number of aliphatic carboxylic acids is 4. The van der Waals surface area contributed by atoms with E-state index >= 15 is 0 Å². The van der Waals surface area contributed by atoms with Crippen LogP contribution in [0.15, 0.2) is 0 Å². The van der Waals surface area contributed by atoms with E-state index in [9.17, 15) is 19.2 Å². The van der Waals surface area contributed by atoms with E-state index in [1.807, 2.05) is 41.5 Å². The topological polar surface area (TPSA) is 350 Å². The number of carboxylic acids is 4. The number of hydrogen-bond acceptors (Lipinski definition) is 12. The van der Waals surface area contributed by atoms with Crippen molar-refractivity contribution in [1.82, 2.24) is 20.4 Å². The summed E-state index contributed by atoms with van der Waals surface area (Å²) in [6.45, 7) is 10.9. The minimum atomic E-state index is -1.82. The van der Waals surface area contributed by atoms with Gasteiger partial charge in [0.15, 0.2) is 0 Å². The third-order valence-electron chi connectivity index (χ3n) is 7.16. The van der Waals surface area contributed by atoms with Crippen molar-refractivity contribution in [1.29, 1.82) is 0 Å². The van der Waals surface area contributed by atoms with Crippen LogP contribution >= 0.6 is 0 Å². The molecule has 0 heterocycles. The van der Waals surface area contributed by atoms with Gasteiger partial charge in [-0.15, -0.1) is 0 Å². The number of nitrogens with zero attached hydrogens (tertiary/aromatic N) is 2. The van der Waals surface area contributed by atoms with Crippen LogP contribution in [0.1, 0.15) is 80.1 Å². The Bertz CT molecular complexity index is 1130. The molecule has 2 fully saturated rings. The van der Waals surface area contributed by atoms with Crippen LogP contribution in [0.5, 0.6) is 0 Å². The molecule has 21 heteroatoms. The van der Waals surface area contributed by atoms with E-state index in [0.717, 1.165) is 25.7 Å². The second-order valence-corrected chi connectivity index (χ2v) is 14.5. The molecule has 2 rings (SSSR count). The van der Waals surface area contributed by atoms with Crippen LogP contribution in [0.2, 0.25) is 0 Å². The summed E-state index contributed by atoms with van der Waals surface area (Å²) in [5.74, 6) is -7.27. The molecule has 0 radical (unpaired) electrons. The number of carbonyl (C=O) groups is 8. The van der Waals surface area contributed by atoms with Gasteiger partial charge >= 0.3 is 36.1 Å². The van der Waals surface area contributed by atoms with Crippen molar-refractivity contribution >= 4 is 47.9 Å². The number of nitrogens with one attached hydrogen (secondary N) is 2. The first kappa shape index (κ1) is 52.6. The number of carboxylic acid groups (broad SMARTS) is 4. The molecule has 0 aromatic heterocycles. The maximum atomic E-state index is 12.0. The minimum Gasteiger partial charge on any atom is -0.473 e. The summed E-state index contributed by atoms with van der Waals surface area (Å²) in [5.41, 5.74) is 11.0. The molecule has 53 heavy (non-hydrogen) atoms. The standard InChI is InChI=1S/2C14H27N3O3.2C2H2O4.H2O/c2*1-14(2,3)20-13(19)16-11-8-9(6-7-10(11)15)12(18)17(4)5;2*3-1(4)2(5)6;/h2*9-11H,6-8,15H2,1-5H3,(H,16,19);2*(H,3,4)(H,5,6);1H2/t2*9-,10-,11+;;;/m00.../s1. The molecule has 308 valence electrons. The van der Waals surface area contributed by atoms with Gasteiger partial charge in [0.1, 0.15) is 11.2 Å². The highest BCUT2D eigenvalue weighted by Crippen LogP contribution is 2.26. The first-order chi connectivity index (χ1) is 23.5. The van der Waals surface area contributed by atoms with Crippen LogP contribution in [-0.2, 0) is 38.2 Å². The largest absolute Gasteiger partial charge is 0.473 e. The molecule has 2 aliphatic carbocycles. The van der Waals surface area contributed by atoms with E-state index in [2.05, 4.69) is 10.6 Å². The van der Waals surface area contributed by atoms with E-state index in [1.54, 1.807) is 38.0 Å². The lowest BCUT2D eigenvalue weighted by atomic mass is 9.82. The maximum absolute atomic E-state index is 12.0. The summed E-state index contributed by atoms with van der Waals surface area (Å²) in [6.07, 6.45) is 3.17. The molecular formula is C32H60N6O15. The fraction of sp³-hybridized carbons (Fsp3) is 0.750. The van der Waals surface area contributed by atoms with Gasteiger partial charge in [-0.1, -0.05) is 0 Å². The Morgan fingerprint density at radius 3 is 0.981 bits per heavy atom. The molecule has 0 bridgehead atoms. The number of nitrogens with two attached hydrogens (primary N) is 2. The number of hydrogen-bond donors (Lipinski definition) is 8. The molecule has 21 nitrogen and oxygen atoms in total. The van der Waals surface area contributed by atoms with Gasteiger partial charge in [-0.25, -0.2) is 28.8 Å². The summed E-state index contributed by atoms with van der Waals surface area (Å²) in [7, 11) is 6.97. The molecular weight excluding hydrogens is 708 g/mol. The molecule has 0 unspecified atom stereocenters. The smallest absolute Gasteiger partial charge is 0.414 e. The highest BCUT2D eigenvalue weighted by atomic mass is 16.6. The third-order valence-corrected chi connectivity index (χ3v) is 7.16. The summed E-state index contributed by atoms with van der Waals surface area (Å²) in [5, 5.41) is 35.1. The summed E-state index contributed by atoms with van der Waals surface area (Å²) in [4.78, 5) is 87.2.